The van der Waals surface area contributed by atoms with Crippen LogP contribution in [0.4, 0.5) is 0 Å². The molecular formula is C26H40O3. The zero-order valence-corrected chi connectivity index (χ0v) is 19.1. The number of hydrogen-bond donors (Lipinski definition) is 0. The summed E-state index contributed by atoms with van der Waals surface area (Å²) in [5.74, 6) is 3.36. The monoisotopic (exact) mass is 400 g/mol. The Kier molecular flexibility index (Phi) is 5.49. The highest BCUT2D eigenvalue weighted by molar-refractivity contribution is 5.82. The second-order valence-corrected chi connectivity index (χ2v) is 11.0. The molecular weight excluding hydrogens is 360 g/mol. The Morgan fingerprint density at radius 1 is 1.14 bits per heavy atom. The molecule has 0 aromatic heterocycles. The fraction of sp³-hybridized carbons (Fsp3) is 0.846. The lowest BCUT2D eigenvalue weighted by atomic mass is 9.47. The van der Waals surface area contributed by atoms with Crippen molar-refractivity contribution < 1.29 is 14.3 Å². The van der Waals surface area contributed by atoms with Crippen molar-refractivity contribution >= 4 is 11.8 Å². The number of rotatable bonds is 4. The van der Waals surface area contributed by atoms with Gasteiger partial charge < -0.3 is 4.74 Å². The van der Waals surface area contributed by atoms with E-state index in [0.29, 0.717) is 24.0 Å². The molecule has 0 aromatic carbocycles. The number of carbonyl (C=O) groups excluding carboxylic acids is 2. The van der Waals surface area contributed by atoms with Gasteiger partial charge in [-0.05, 0) is 73.0 Å². The lowest BCUT2D eigenvalue weighted by Gasteiger charge is -2.58. The highest BCUT2D eigenvalue weighted by Crippen LogP contribution is 2.67. The van der Waals surface area contributed by atoms with Crippen LogP contribution in [0.15, 0.2) is 11.6 Å². The number of Topliss-reactive ketones (excluding diaryl/α,β-unsaturated/α-hetero) is 1. The van der Waals surface area contributed by atoms with Crippen molar-refractivity contribution in [3.05, 3.63) is 11.6 Å². The number of esters is 1. The molecule has 0 bridgehead atoms. The van der Waals surface area contributed by atoms with Crippen LogP contribution in [0.2, 0.25) is 0 Å². The minimum Gasteiger partial charge on any atom is -0.462 e. The van der Waals surface area contributed by atoms with Crippen LogP contribution in [-0.4, -0.2) is 17.9 Å². The van der Waals surface area contributed by atoms with Gasteiger partial charge in [0, 0.05) is 25.7 Å². The highest BCUT2D eigenvalue weighted by Gasteiger charge is 2.61. The van der Waals surface area contributed by atoms with Gasteiger partial charge in [0.05, 0.1) is 0 Å². The first-order chi connectivity index (χ1) is 13.7. The minimum atomic E-state index is -0.149. The van der Waals surface area contributed by atoms with Gasteiger partial charge in [-0.25, -0.2) is 0 Å². The number of hydrogen-bond acceptors (Lipinski definition) is 3. The number of carbonyl (C=O) groups is 2. The lowest BCUT2D eigenvalue weighted by molar-refractivity contribution is -0.149. The zero-order chi connectivity index (χ0) is 21.0. The zero-order valence-electron chi connectivity index (χ0n) is 19.1. The van der Waals surface area contributed by atoms with Crippen molar-refractivity contribution in [2.24, 2.45) is 40.4 Å². The van der Waals surface area contributed by atoms with E-state index in [1.54, 1.807) is 5.57 Å². The first kappa shape index (κ1) is 21.1. The van der Waals surface area contributed by atoms with Gasteiger partial charge in [-0.2, -0.15) is 0 Å². The Hall–Kier alpha value is -1.12. The number of allylic oxidation sites excluding steroid dienone is 1. The number of ether oxygens (including phenoxy) is 1. The van der Waals surface area contributed by atoms with Crippen LogP contribution >= 0.6 is 0 Å². The van der Waals surface area contributed by atoms with Gasteiger partial charge in [-0.3, -0.25) is 9.59 Å². The van der Waals surface area contributed by atoms with E-state index in [4.69, 9.17) is 4.74 Å². The van der Waals surface area contributed by atoms with Gasteiger partial charge in [-0.15, -0.1) is 0 Å². The molecule has 3 saturated carbocycles. The summed E-state index contributed by atoms with van der Waals surface area (Å²) in [5, 5.41) is 0. The number of fused-ring (bicyclic) bond motifs is 5. The van der Waals surface area contributed by atoms with E-state index in [0.717, 1.165) is 43.9 Å². The van der Waals surface area contributed by atoms with Crippen LogP contribution in [-0.2, 0) is 14.3 Å². The van der Waals surface area contributed by atoms with E-state index in [9.17, 15) is 9.59 Å². The van der Waals surface area contributed by atoms with Gasteiger partial charge in [-0.1, -0.05) is 45.8 Å². The van der Waals surface area contributed by atoms with Crippen LogP contribution in [0.3, 0.4) is 0 Å². The summed E-state index contributed by atoms with van der Waals surface area (Å²) in [6, 6.07) is 0. The Labute approximate surface area is 177 Å². The molecule has 0 spiro atoms. The standard InChI is InChI=1S/C26H40O3/c1-6-17-14-22-20-9-8-18-15-19(29-16(3)27)10-12-25(18,4)21(20)11-13-26(22,5)24(17)23(28)7-2/h8,17,19-22,24H,6-7,9-15H2,1-5H3/t17-,19-,20+,21-,22+,24-,25+,26+/m1/s1. The molecule has 0 radical (unpaired) electrons. The van der Waals surface area contributed by atoms with E-state index in [-0.39, 0.29) is 28.8 Å². The largest absolute Gasteiger partial charge is 0.462 e. The van der Waals surface area contributed by atoms with Crippen LogP contribution in [0.25, 0.3) is 0 Å². The van der Waals surface area contributed by atoms with Gasteiger partial charge in [0.15, 0.2) is 0 Å². The predicted molar refractivity (Wildman–Crippen MR) is 115 cm³/mol. The molecule has 3 heteroatoms. The quantitative estimate of drug-likeness (QED) is 0.422. The molecule has 162 valence electrons. The van der Waals surface area contributed by atoms with E-state index in [1.807, 2.05) is 0 Å². The molecule has 4 rings (SSSR count). The number of ketones is 1. The lowest BCUT2D eigenvalue weighted by Crippen LogP contribution is -2.51. The van der Waals surface area contributed by atoms with Crippen LogP contribution in [0.5, 0.6) is 0 Å². The molecule has 0 amide bonds. The predicted octanol–water partition coefficient (Wildman–Crippen LogP) is 6.11. The minimum absolute atomic E-state index is 0.0692. The van der Waals surface area contributed by atoms with Crippen LogP contribution < -0.4 is 0 Å². The average molecular weight is 401 g/mol. The van der Waals surface area contributed by atoms with Crippen molar-refractivity contribution in [2.75, 3.05) is 0 Å². The maximum Gasteiger partial charge on any atom is 0.302 e. The van der Waals surface area contributed by atoms with Gasteiger partial charge >= 0.3 is 5.97 Å². The third kappa shape index (κ3) is 3.22. The molecule has 29 heavy (non-hydrogen) atoms. The van der Waals surface area contributed by atoms with E-state index in [2.05, 4.69) is 33.8 Å². The van der Waals surface area contributed by atoms with Crippen molar-refractivity contribution in [2.45, 2.75) is 98.5 Å². The molecule has 0 saturated heterocycles. The topological polar surface area (TPSA) is 43.4 Å². The van der Waals surface area contributed by atoms with Gasteiger partial charge in [0.2, 0.25) is 0 Å². The van der Waals surface area contributed by atoms with E-state index in [1.165, 1.54) is 26.2 Å². The Morgan fingerprint density at radius 2 is 1.90 bits per heavy atom. The Balaban J connectivity index is 1.61. The molecule has 0 N–H and O–H groups in total. The Bertz CT molecular complexity index is 709. The highest BCUT2D eigenvalue weighted by atomic mass is 16.5. The Morgan fingerprint density at radius 3 is 2.55 bits per heavy atom. The summed E-state index contributed by atoms with van der Waals surface area (Å²) in [6.45, 7) is 10.8. The van der Waals surface area contributed by atoms with Crippen molar-refractivity contribution in [3.8, 4) is 0 Å². The SMILES string of the molecule is CCC(=O)[C@H]1[C@H](CC)C[C@H]2[C@H]3CC=C4C[C@H](OC(C)=O)CC[C@]4(C)[C@@H]3CC[C@@]21C. The molecule has 4 aliphatic rings. The summed E-state index contributed by atoms with van der Waals surface area (Å²) in [4.78, 5) is 24.4. The summed E-state index contributed by atoms with van der Waals surface area (Å²) >= 11 is 0. The molecule has 8 atom stereocenters. The third-order valence-electron chi connectivity index (χ3n) is 9.79. The molecule has 0 aromatic rings. The maximum absolute atomic E-state index is 13.0. The average Bonchev–Trinajstić information content (AvgIpc) is 2.99. The summed E-state index contributed by atoms with van der Waals surface area (Å²) < 4.78 is 5.57. The van der Waals surface area contributed by atoms with E-state index < -0.39 is 0 Å². The normalized spacial score (nSPS) is 46.2. The first-order valence-electron chi connectivity index (χ1n) is 12.1. The van der Waals surface area contributed by atoms with Crippen LogP contribution in [0, 0.1) is 40.4 Å². The third-order valence-corrected chi connectivity index (χ3v) is 9.79. The van der Waals surface area contributed by atoms with Crippen LogP contribution in [0.1, 0.15) is 92.4 Å². The van der Waals surface area contributed by atoms with Crippen molar-refractivity contribution in [1.29, 1.82) is 0 Å². The molecule has 0 aliphatic heterocycles. The molecule has 3 fully saturated rings. The second kappa shape index (κ2) is 7.54. The maximum atomic E-state index is 13.0. The summed E-state index contributed by atoms with van der Waals surface area (Å²) in [7, 11) is 0. The van der Waals surface area contributed by atoms with Gasteiger partial charge in [0.1, 0.15) is 11.9 Å². The van der Waals surface area contributed by atoms with Crippen molar-refractivity contribution in [1.82, 2.24) is 0 Å². The molecule has 3 nitrogen and oxygen atoms in total. The first-order valence-corrected chi connectivity index (χ1v) is 12.1. The summed E-state index contributed by atoms with van der Waals surface area (Å²) in [6.07, 6.45) is 12.3. The molecule has 0 unspecified atom stereocenters. The summed E-state index contributed by atoms with van der Waals surface area (Å²) in [5.41, 5.74) is 2.01. The van der Waals surface area contributed by atoms with E-state index >= 15 is 0 Å². The smallest absolute Gasteiger partial charge is 0.302 e. The fourth-order valence-electron chi connectivity index (χ4n) is 8.39. The molecule has 0 heterocycles. The molecule has 4 aliphatic carbocycles. The van der Waals surface area contributed by atoms with Crippen molar-refractivity contribution in [3.63, 3.8) is 0 Å². The van der Waals surface area contributed by atoms with Gasteiger partial charge in [0.25, 0.3) is 0 Å². The second-order valence-electron chi connectivity index (χ2n) is 11.0. The fourth-order valence-corrected chi connectivity index (χ4v) is 8.39.